The summed E-state index contributed by atoms with van der Waals surface area (Å²) in [6.07, 6.45) is 7.00. The van der Waals surface area contributed by atoms with E-state index in [1.807, 2.05) is 18.7 Å². The molecule has 0 atom stereocenters. The van der Waals surface area contributed by atoms with Crippen molar-refractivity contribution in [2.75, 3.05) is 38.8 Å². The quantitative estimate of drug-likeness (QED) is 0.644. The van der Waals surface area contributed by atoms with Crippen molar-refractivity contribution < 1.29 is 10.2 Å². The van der Waals surface area contributed by atoms with E-state index < -0.39 is 0 Å². The molecule has 0 aliphatic carbocycles. The van der Waals surface area contributed by atoms with Crippen molar-refractivity contribution in [1.29, 1.82) is 0 Å². The van der Waals surface area contributed by atoms with Gasteiger partial charge >= 0.3 is 0 Å². The first-order valence-electron chi connectivity index (χ1n) is 6.06. The van der Waals surface area contributed by atoms with Crippen molar-refractivity contribution in [2.24, 2.45) is 5.92 Å². The molecule has 0 saturated heterocycles. The first-order valence-corrected chi connectivity index (χ1v) is 7.46. The minimum absolute atomic E-state index is 0.163. The van der Waals surface area contributed by atoms with Gasteiger partial charge in [0.15, 0.2) is 0 Å². The zero-order chi connectivity index (χ0) is 13.9. The normalized spacial score (nSPS) is 9.65. The van der Waals surface area contributed by atoms with Gasteiger partial charge in [-0.2, -0.15) is 11.8 Å². The fraction of sp³-hybridized carbons (Fsp3) is 0.846. The minimum Gasteiger partial charge on any atom is -0.395 e. The lowest BCUT2D eigenvalue weighted by Crippen LogP contribution is -2.10. The maximum absolute atomic E-state index is 8.00. The van der Waals surface area contributed by atoms with Gasteiger partial charge in [-0.1, -0.05) is 26.0 Å². The molecule has 3 nitrogen and oxygen atoms in total. The van der Waals surface area contributed by atoms with Crippen LogP contribution in [0.4, 0.5) is 0 Å². The van der Waals surface area contributed by atoms with Crippen molar-refractivity contribution >= 4 is 11.8 Å². The maximum Gasteiger partial charge on any atom is 0.0612 e. The monoisotopic (exact) mass is 265 g/mol. The van der Waals surface area contributed by atoms with Crippen molar-refractivity contribution in [3.05, 3.63) is 12.2 Å². The Morgan fingerprint density at radius 3 is 1.94 bits per heavy atom. The van der Waals surface area contributed by atoms with Crippen LogP contribution in [-0.4, -0.2) is 49.0 Å². The third-order valence-corrected chi connectivity index (χ3v) is 2.25. The van der Waals surface area contributed by atoms with E-state index in [0.29, 0.717) is 6.54 Å². The number of likely N-dealkylation sites (N-methyl/N-ethyl adjacent to an activating group) is 1. The van der Waals surface area contributed by atoms with E-state index in [9.17, 15) is 0 Å². The summed E-state index contributed by atoms with van der Waals surface area (Å²) in [5.41, 5.74) is 0. The Hall–Kier alpha value is -0.0300. The summed E-state index contributed by atoms with van der Waals surface area (Å²) in [5, 5.41) is 18.8. The summed E-state index contributed by atoms with van der Waals surface area (Å²) < 4.78 is 0. The van der Waals surface area contributed by atoms with Gasteiger partial charge in [0.05, 0.1) is 13.2 Å². The van der Waals surface area contributed by atoms with E-state index in [0.717, 1.165) is 5.92 Å². The van der Waals surface area contributed by atoms with Gasteiger partial charge in [-0.05, 0) is 38.3 Å². The summed E-state index contributed by atoms with van der Waals surface area (Å²) in [4.78, 5) is 0. The van der Waals surface area contributed by atoms with Crippen LogP contribution < -0.4 is 5.32 Å². The summed E-state index contributed by atoms with van der Waals surface area (Å²) in [5.74, 6) is 2.20. The molecule has 4 heteroatoms. The highest BCUT2D eigenvalue weighted by molar-refractivity contribution is 7.98. The van der Waals surface area contributed by atoms with E-state index in [-0.39, 0.29) is 13.2 Å². The second-order valence-electron chi connectivity index (χ2n) is 3.75. The van der Waals surface area contributed by atoms with Crippen molar-refractivity contribution in [3.8, 4) is 0 Å². The van der Waals surface area contributed by atoms with E-state index >= 15 is 0 Å². The molecule has 106 valence electrons. The molecule has 17 heavy (non-hydrogen) atoms. The summed E-state index contributed by atoms with van der Waals surface area (Å²) in [7, 11) is 1.80. The van der Waals surface area contributed by atoms with E-state index in [4.69, 9.17) is 10.2 Å². The number of allylic oxidation sites excluding steroid dienone is 1. The van der Waals surface area contributed by atoms with Crippen LogP contribution >= 0.6 is 11.8 Å². The molecule has 0 aromatic rings. The molecule has 0 aliphatic heterocycles. The third kappa shape index (κ3) is 49.1. The number of rotatable bonds is 6. The molecule has 0 aromatic heterocycles. The first kappa shape index (κ1) is 22.2. The van der Waals surface area contributed by atoms with Crippen LogP contribution in [0.25, 0.3) is 0 Å². The average Bonchev–Trinajstić information content (AvgIpc) is 2.30. The molecule has 0 bridgehead atoms. The van der Waals surface area contributed by atoms with Crippen LogP contribution in [0.5, 0.6) is 0 Å². The molecule has 0 radical (unpaired) electrons. The minimum atomic E-state index is 0.163. The standard InChI is InChI=1S/C6H14S.C4H8O.C3H9NO/c1-6(2)4-5-7-3;1-2-3-4-5;1-4-2-3-5/h6H,4-5H2,1-3H3;2-3,5H,4H2,1H3;4-5H,2-3H2,1H3/b;3-2-;. The van der Waals surface area contributed by atoms with Crippen molar-refractivity contribution in [1.82, 2.24) is 5.32 Å². The van der Waals surface area contributed by atoms with Gasteiger partial charge < -0.3 is 15.5 Å². The van der Waals surface area contributed by atoms with Crippen molar-refractivity contribution in [2.45, 2.75) is 27.2 Å². The summed E-state index contributed by atoms with van der Waals surface area (Å²) in [6, 6.07) is 0. The van der Waals surface area contributed by atoms with Crippen LogP contribution in [0.1, 0.15) is 27.2 Å². The van der Waals surface area contributed by atoms with Gasteiger partial charge in [0.1, 0.15) is 0 Å². The molecule has 3 N–H and O–H groups in total. The second kappa shape index (κ2) is 25.0. The van der Waals surface area contributed by atoms with Crippen molar-refractivity contribution in [3.63, 3.8) is 0 Å². The molecule has 0 rings (SSSR count). The van der Waals surface area contributed by atoms with Crippen LogP contribution in [0.3, 0.4) is 0 Å². The number of hydrogen-bond acceptors (Lipinski definition) is 4. The Morgan fingerprint density at radius 2 is 1.88 bits per heavy atom. The molecular formula is C13H31NO2S. The largest absolute Gasteiger partial charge is 0.395 e. The fourth-order valence-corrected chi connectivity index (χ4v) is 1.28. The predicted octanol–water partition coefficient (Wildman–Crippen LogP) is 2.15. The van der Waals surface area contributed by atoms with Gasteiger partial charge in [-0.15, -0.1) is 0 Å². The molecule has 0 aliphatic rings. The third-order valence-electron chi connectivity index (χ3n) is 1.60. The van der Waals surface area contributed by atoms with E-state index in [1.165, 1.54) is 12.2 Å². The lowest BCUT2D eigenvalue weighted by atomic mass is 10.2. The molecule has 0 heterocycles. The highest BCUT2D eigenvalue weighted by Gasteiger charge is 1.89. The molecule has 0 amide bonds. The first-order chi connectivity index (χ1) is 8.10. The van der Waals surface area contributed by atoms with Crippen LogP contribution in [-0.2, 0) is 0 Å². The number of thioether (sulfide) groups is 1. The number of hydrogen-bond donors (Lipinski definition) is 3. The Kier molecular flexibility index (Phi) is 32.6. The second-order valence-corrected chi connectivity index (χ2v) is 4.74. The lowest BCUT2D eigenvalue weighted by molar-refractivity contribution is 0.296. The summed E-state index contributed by atoms with van der Waals surface area (Å²) in [6.45, 7) is 7.48. The zero-order valence-corrected chi connectivity index (χ0v) is 12.9. The zero-order valence-electron chi connectivity index (χ0n) is 12.1. The fourth-order valence-electron chi connectivity index (χ4n) is 0.571. The Balaban J connectivity index is -0.000000177. The molecular weight excluding hydrogens is 234 g/mol. The van der Waals surface area contributed by atoms with Crippen LogP contribution in [0.2, 0.25) is 0 Å². The summed E-state index contributed by atoms with van der Waals surface area (Å²) >= 11 is 1.93. The molecule has 0 spiro atoms. The molecule has 0 saturated carbocycles. The van der Waals surface area contributed by atoms with Gasteiger partial charge in [0, 0.05) is 6.54 Å². The van der Waals surface area contributed by atoms with Crippen LogP contribution in [0.15, 0.2) is 12.2 Å². The number of aliphatic hydroxyl groups is 2. The van der Waals surface area contributed by atoms with Gasteiger partial charge in [-0.25, -0.2) is 0 Å². The molecule has 0 fully saturated rings. The van der Waals surface area contributed by atoms with E-state index in [1.54, 1.807) is 19.2 Å². The van der Waals surface area contributed by atoms with Gasteiger partial charge in [0.25, 0.3) is 0 Å². The Morgan fingerprint density at radius 1 is 1.29 bits per heavy atom. The number of aliphatic hydroxyl groups excluding tert-OH is 2. The van der Waals surface area contributed by atoms with Gasteiger partial charge in [0.2, 0.25) is 0 Å². The number of nitrogens with one attached hydrogen (secondary N) is 1. The SMILES string of the molecule is C/C=C\CO.CNCCO.CSCCC(C)C. The lowest BCUT2D eigenvalue weighted by Gasteiger charge is -1.98. The highest BCUT2D eigenvalue weighted by Crippen LogP contribution is 2.03. The Bertz CT molecular complexity index is 129. The van der Waals surface area contributed by atoms with E-state index in [2.05, 4.69) is 25.4 Å². The average molecular weight is 265 g/mol. The smallest absolute Gasteiger partial charge is 0.0612 e. The highest BCUT2D eigenvalue weighted by atomic mass is 32.2. The maximum atomic E-state index is 8.00. The topological polar surface area (TPSA) is 52.5 Å². The van der Waals surface area contributed by atoms with Gasteiger partial charge in [-0.3, -0.25) is 0 Å². The molecule has 0 unspecified atom stereocenters. The predicted molar refractivity (Wildman–Crippen MR) is 80.7 cm³/mol. The Labute approximate surface area is 112 Å². The molecule has 0 aromatic carbocycles. The van der Waals surface area contributed by atoms with Crippen LogP contribution in [0, 0.1) is 5.92 Å².